The number of aliphatic hydroxyl groups is 1. The molecule has 0 atom stereocenters. The molecule has 3 rings (SSSR count). The fourth-order valence-corrected chi connectivity index (χ4v) is 2.85. The van der Waals surface area contributed by atoms with Crippen LogP contribution in [0.5, 0.6) is 0 Å². The Hall–Kier alpha value is -2.14. The fourth-order valence-electron chi connectivity index (χ4n) is 2.85. The van der Waals surface area contributed by atoms with Crippen molar-refractivity contribution in [3.8, 4) is 11.5 Å². The molecule has 0 radical (unpaired) electrons. The Balaban J connectivity index is 1.56. The van der Waals surface area contributed by atoms with Crippen LogP contribution < -0.4 is 5.32 Å². The van der Waals surface area contributed by atoms with Crippen LogP contribution in [0.4, 0.5) is 0 Å². The van der Waals surface area contributed by atoms with Crippen molar-refractivity contribution < 1.29 is 14.3 Å². The third-order valence-corrected chi connectivity index (χ3v) is 4.41. The Kier molecular flexibility index (Phi) is 4.48. The van der Waals surface area contributed by atoms with Gasteiger partial charge in [0.2, 0.25) is 11.7 Å². The first-order valence-electron chi connectivity index (χ1n) is 8.11. The third kappa shape index (κ3) is 3.62. The van der Waals surface area contributed by atoms with Gasteiger partial charge in [0, 0.05) is 12.1 Å². The molecule has 1 aliphatic rings. The highest BCUT2D eigenvalue weighted by Gasteiger charge is 2.33. The minimum Gasteiger partial charge on any atom is -0.431 e. The van der Waals surface area contributed by atoms with Gasteiger partial charge in [-0.1, -0.05) is 18.2 Å². The maximum Gasteiger partial charge on any atom is 0.289 e. The summed E-state index contributed by atoms with van der Waals surface area (Å²) in [6, 6.07) is 9.51. The van der Waals surface area contributed by atoms with Gasteiger partial charge in [-0.15, -0.1) is 0 Å². The summed E-state index contributed by atoms with van der Waals surface area (Å²) < 4.78 is 5.62. The van der Waals surface area contributed by atoms with Crippen LogP contribution >= 0.6 is 0 Å². The van der Waals surface area contributed by atoms with Gasteiger partial charge in [0.15, 0.2) is 0 Å². The lowest BCUT2D eigenvalue weighted by atomic mass is 9.77. The lowest BCUT2D eigenvalue weighted by Crippen LogP contribution is -2.37. The molecule has 0 saturated heterocycles. The van der Waals surface area contributed by atoms with E-state index in [9.17, 15) is 9.90 Å². The lowest BCUT2D eigenvalue weighted by molar-refractivity contribution is -0.0413. The Labute approximate surface area is 135 Å². The molecule has 0 spiro atoms. The van der Waals surface area contributed by atoms with Crippen molar-refractivity contribution in [2.24, 2.45) is 0 Å². The second-order valence-corrected chi connectivity index (χ2v) is 6.24. The van der Waals surface area contributed by atoms with Crippen molar-refractivity contribution in [1.82, 2.24) is 10.3 Å². The number of nitrogens with zero attached hydrogens (tertiary/aromatic N) is 1. The van der Waals surface area contributed by atoms with Crippen LogP contribution in [-0.4, -0.2) is 28.1 Å². The van der Waals surface area contributed by atoms with Gasteiger partial charge in [-0.2, -0.15) is 0 Å². The minimum absolute atomic E-state index is 0.252. The van der Waals surface area contributed by atoms with E-state index in [0.717, 1.165) is 37.7 Å². The minimum atomic E-state index is -0.493. The van der Waals surface area contributed by atoms with Crippen molar-refractivity contribution in [2.75, 3.05) is 6.54 Å². The second kappa shape index (κ2) is 6.54. The molecule has 5 heteroatoms. The molecule has 1 amide bonds. The van der Waals surface area contributed by atoms with Gasteiger partial charge in [-0.3, -0.25) is 4.79 Å². The van der Waals surface area contributed by atoms with Crippen LogP contribution in [0.1, 0.15) is 48.4 Å². The molecule has 23 heavy (non-hydrogen) atoms. The first-order valence-corrected chi connectivity index (χ1v) is 8.11. The van der Waals surface area contributed by atoms with E-state index in [1.54, 1.807) is 6.92 Å². The molecular weight excluding hydrogens is 292 g/mol. The summed E-state index contributed by atoms with van der Waals surface area (Å²) in [6.07, 6.45) is 4.35. The largest absolute Gasteiger partial charge is 0.431 e. The number of oxazole rings is 1. The number of hydrogen-bond donors (Lipinski definition) is 2. The van der Waals surface area contributed by atoms with Gasteiger partial charge < -0.3 is 14.8 Å². The predicted octanol–water partition coefficient (Wildman–Crippen LogP) is 3.08. The van der Waals surface area contributed by atoms with E-state index >= 15 is 0 Å². The van der Waals surface area contributed by atoms with Crippen molar-refractivity contribution in [3.05, 3.63) is 41.8 Å². The van der Waals surface area contributed by atoms with Crippen molar-refractivity contribution in [1.29, 1.82) is 0 Å². The molecule has 122 valence electrons. The molecule has 1 aromatic carbocycles. The second-order valence-electron chi connectivity index (χ2n) is 6.24. The number of rotatable bonds is 6. The van der Waals surface area contributed by atoms with E-state index in [1.165, 1.54) is 0 Å². The van der Waals surface area contributed by atoms with Gasteiger partial charge in [-0.05, 0) is 51.2 Å². The van der Waals surface area contributed by atoms with Gasteiger partial charge >= 0.3 is 0 Å². The molecule has 0 unspecified atom stereocenters. The molecule has 0 aliphatic heterocycles. The number of benzene rings is 1. The van der Waals surface area contributed by atoms with Gasteiger partial charge in [0.05, 0.1) is 11.3 Å². The van der Waals surface area contributed by atoms with Crippen molar-refractivity contribution in [3.63, 3.8) is 0 Å². The zero-order valence-corrected chi connectivity index (χ0v) is 13.3. The number of aromatic nitrogens is 1. The van der Waals surface area contributed by atoms with Crippen molar-refractivity contribution >= 4 is 5.91 Å². The molecule has 0 bridgehead atoms. The lowest BCUT2D eigenvalue weighted by Gasteiger charge is -2.36. The molecule has 1 aromatic heterocycles. The maximum atomic E-state index is 12.2. The SMILES string of the molecule is Cc1nc(-c2ccccc2)oc1C(=O)NCCCC1(O)CCC1. The van der Waals surface area contributed by atoms with Gasteiger partial charge in [0.1, 0.15) is 0 Å². The average Bonchev–Trinajstić information content (AvgIpc) is 2.92. The molecule has 1 saturated carbocycles. The van der Waals surface area contributed by atoms with Crippen LogP contribution in [0.2, 0.25) is 0 Å². The molecule has 1 heterocycles. The quantitative estimate of drug-likeness (QED) is 0.804. The molecule has 1 aliphatic carbocycles. The normalized spacial score (nSPS) is 15.9. The molecule has 5 nitrogen and oxygen atoms in total. The summed E-state index contributed by atoms with van der Waals surface area (Å²) in [7, 11) is 0. The topological polar surface area (TPSA) is 75.4 Å². The van der Waals surface area contributed by atoms with Crippen LogP contribution in [-0.2, 0) is 0 Å². The first kappa shape index (κ1) is 15.7. The number of nitrogens with one attached hydrogen (secondary N) is 1. The summed E-state index contributed by atoms with van der Waals surface area (Å²) in [5.41, 5.74) is 0.939. The predicted molar refractivity (Wildman–Crippen MR) is 87.0 cm³/mol. The number of carbonyl (C=O) groups excluding carboxylic acids is 1. The summed E-state index contributed by atoms with van der Waals surface area (Å²) >= 11 is 0. The molecular formula is C18H22N2O3. The monoisotopic (exact) mass is 314 g/mol. The summed E-state index contributed by atoms with van der Waals surface area (Å²) in [6.45, 7) is 2.30. The fraction of sp³-hybridized carbons (Fsp3) is 0.444. The number of amides is 1. The van der Waals surface area contributed by atoms with Crippen LogP contribution in [0, 0.1) is 6.92 Å². The third-order valence-electron chi connectivity index (χ3n) is 4.41. The van der Waals surface area contributed by atoms with E-state index in [4.69, 9.17) is 4.42 Å². The van der Waals surface area contributed by atoms with E-state index in [-0.39, 0.29) is 11.7 Å². The number of carbonyl (C=O) groups is 1. The van der Waals surface area contributed by atoms with Crippen LogP contribution in [0.15, 0.2) is 34.7 Å². The van der Waals surface area contributed by atoms with E-state index in [1.807, 2.05) is 30.3 Å². The van der Waals surface area contributed by atoms with E-state index in [0.29, 0.717) is 18.1 Å². The highest BCUT2D eigenvalue weighted by atomic mass is 16.4. The van der Waals surface area contributed by atoms with Gasteiger partial charge in [0.25, 0.3) is 5.91 Å². The zero-order valence-electron chi connectivity index (χ0n) is 13.3. The Morgan fingerprint density at radius 2 is 2.09 bits per heavy atom. The standard InChI is InChI=1S/C18H22N2O3/c1-13-15(23-17(20-13)14-7-3-2-4-8-14)16(21)19-12-6-11-18(22)9-5-10-18/h2-4,7-8,22H,5-6,9-12H2,1H3,(H,19,21). The van der Waals surface area contributed by atoms with Crippen molar-refractivity contribution in [2.45, 2.75) is 44.6 Å². The van der Waals surface area contributed by atoms with E-state index in [2.05, 4.69) is 10.3 Å². The Morgan fingerprint density at radius 3 is 2.74 bits per heavy atom. The smallest absolute Gasteiger partial charge is 0.289 e. The average molecular weight is 314 g/mol. The Morgan fingerprint density at radius 1 is 1.35 bits per heavy atom. The molecule has 1 fully saturated rings. The Bertz CT molecular complexity index is 675. The molecule has 2 N–H and O–H groups in total. The maximum absolute atomic E-state index is 12.2. The van der Waals surface area contributed by atoms with E-state index < -0.39 is 5.60 Å². The highest BCUT2D eigenvalue weighted by Crippen LogP contribution is 2.35. The number of hydrogen-bond acceptors (Lipinski definition) is 4. The van der Waals surface area contributed by atoms with Gasteiger partial charge in [-0.25, -0.2) is 4.98 Å². The highest BCUT2D eigenvalue weighted by molar-refractivity contribution is 5.92. The summed E-state index contributed by atoms with van der Waals surface area (Å²) in [4.78, 5) is 16.5. The number of aryl methyl sites for hydroxylation is 1. The molecule has 2 aromatic rings. The van der Waals surface area contributed by atoms with Crippen LogP contribution in [0.25, 0.3) is 11.5 Å². The summed E-state index contributed by atoms with van der Waals surface area (Å²) in [5, 5.41) is 12.9. The first-order chi connectivity index (χ1) is 11.1. The van der Waals surface area contributed by atoms with Crippen LogP contribution in [0.3, 0.4) is 0 Å². The summed E-state index contributed by atoms with van der Waals surface area (Å²) in [5.74, 6) is 0.459. The zero-order chi connectivity index (χ0) is 16.3.